The number of hydrogen-bond donors (Lipinski definition) is 0. The van der Waals surface area contributed by atoms with Gasteiger partial charge in [-0.2, -0.15) is 0 Å². The third-order valence-electron chi connectivity index (χ3n) is 5.63. The first-order chi connectivity index (χ1) is 13.8. The molecule has 0 saturated heterocycles. The number of fused-ring (bicyclic) bond motifs is 2. The molecule has 3 heteroatoms. The third kappa shape index (κ3) is 3.39. The van der Waals surface area contributed by atoms with Crippen molar-refractivity contribution >= 4 is 39.2 Å². The molecule has 2 nitrogen and oxygen atoms in total. The topological polar surface area (TPSA) is 16.1 Å². The lowest BCUT2D eigenvalue weighted by Crippen LogP contribution is -2.36. The van der Waals surface area contributed by atoms with Crippen molar-refractivity contribution in [3.05, 3.63) is 105 Å². The standard InChI is InChI=1S/C25H21IN2/c26-20-10-13-22(14-11-20)28-16-15-18-5-1-3-7-23(18)25(28)17-21-12-9-19-6-2-4-8-24(19)27-21/h1-14,25H,15-17H2. The average Bonchev–Trinajstić information content (AvgIpc) is 2.75. The van der Waals surface area contributed by atoms with Crippen LogP contribution in [0.5, 0.6) is 0 Å². The van der Waals surface area contributed by atoms with E-state index in [2.05, 4.69) is 112 Å². The lowest BCUT2D eigenvalue weighted by Gasteiger charge is -2.39. The molecular weight excluding hydrogens is 455 g/mol. The number of hydrogen-bond acceptors (Lipinski definition) is 2. The van der Waals surface area contributed by atoms with E-state index in [-0.39, 0.29) is 0 Å². The Kier molecular flexibility index (Phi) is 4.77. The summed E-state index contributed by atoms with van der Waals surface area (Å²) in [7, 11) is 0. The van der Waals surface area contributed by atoms with Crippen molar-refractivity contribution in [2.45, 2.75) is 18.9 Å². The SMILES string of the molecule is Ic1ccc(N2CCc3ccccc3C2Cc2ccc3ccccc3n2)cc1. The van der Waals surface area contributed by atoms with Gasteiger partial charge >= 0.3 is 0 Å². The molecule has 4 aromatic rings. The maximum absolute atomic E-state index is 4.96. The zero-order valence-electron chi connectivity index (χ0n) is 15.6. The second-order valence-corrected chi connectivity index (χ2v) is 8.58. The highest BCUT2D eigenvalue weighted by Crippen LogP contribution is 2.36. The number of pyridine rings is 1. The predicted octanol–water partition coefficient (Wildman–Crippen LogP) is 6.19. The Hall–Kier alpha value is -2.40. The summed E-state index contributed by atoms with van der Waals surface area (Å²) < 4.78 is 1.27. The molecule has 138 valence electrons. The van der Waals surface area contributed by atoms with Crippen LogP contribution in [0.4, 0.5) is 5.69 Å². The van der Waals surface area contributed by atoms with Crippen molar-refractivity contribution in [2.75, 3.05) is 11.4 Å². The van der Waals surface area contributed by atoms with Crippen LogP contribution >= 0.6 is 22.6 Å². The Morgan fingerprint density at radius 2 is 1.64 bits per heavy atom. The van der Waals surface area contributed by atoms with Crippen molar-refractivity contribution in [1.82, 2.24) is 4.98 Å². The minimum atomic E-state index is 0.304. The van der Waals surface area contributed by atoms with Crippen LogP contribution in [0.1, 0.15) is 22.9 Å². The maximum Gasteiger partial charge on any atom is 0.0705 e. The van der Waals surface area contributed by atoms with Gasteiger partial charge in [-0.25, -0.2) is 0 Å². The van der Waals surface area contributed by atoms with E-state index in [4.69, 9.17) is 4.98 Å². The summed E-state index contributed by atoms with van der Waals surface area (Å²) in [6.45, 7) is 1.04. The molecule has 1 aliphatic rings. The Balaban J connectivity index is 1.55. The van der Waals surface area contributed by atoms with E-state index in [9.17, 15) is 0 Å². The molecule has 0 aliphatic carbocycles. The molecule has 2 heterocycles. The van der Waals surface area contributed by atoms with Gasteiger partial charge in [-0.05, 0) is 76.5 Å². The fourth-order valence-electron chi connectivity index (χ4n) is 4.23. The highest BCUT2D eigenvalue weighted by Gasteiger charge is 2.28. The number of anilines is 1. The van der Waals surface area contributed by atoms with Crippen molar-refractivity contribution in [2.24, 2.45) is 0 Å². The number of aromatic nitrogens is 1. The van der Waals surface area contributed by atoms with Gasteiger partial charge in [-0.1, -0.05) is 48.5 Å². The molecule has 5 rings (SSSR count). The first-order valence-corrected chi connectivity index (χ1v) is 10.8. The Morgan fingerprint density at radius 1 is 0.857 bits per heavy atom. The van der Waals surface area contributed by atoms with Gasteiger partial charge in [0.25, 0.3) is 0 Å². The zero-order chi connectivity index (χ0) is 18.9. The van der Waals surface area contributed by atoms with Crippen molar-refractivity contribution in [3.63, 3.8) is 0 Å². The van der Waals surface area contributed by atoms with Gasteiger partial charge < -0.3 is 4.90 Å². The van der Waals surface area contributed by atoms with E-state index < -0.39 is 0 Å². The largest absolute Gasteiger partial charge is 0.364 e. The predicted molar refractivity (Wildman–Crippen MR) is 125 cm³/mol. The highest BCUT2D eigenvalue weighted by molar-refractivity contribution is 14.1. The summed E-state index contributed by atoms with van der Waals surface area (Å²) in [5.74, 6) is 0. The second-order valence-electron chi connectivity index (χ2n) is 7.33. The van der Waals surface area contributed by atoms with Crippen LogP contribution in [0.2, 0.25) is 0 Å². The molecule has 1 unspecified atom stereocenters. The molecule has 1 atom stereocenters. The van der Waals surface area contributed by atoms with Gasteiger partial charge in [0.15, 0.2) is 0 Å². The minimum absolute atomic E-state index is 0.304. The first kappa shape index (κ1) is 17.7. The van der Waals surface area contributed by atoms with Gasteiger partial charge in [0.05, 0.1) is 11.6 Å². The second kappa shape index (κ2) is 7.55. The van der Waals surface area contributed by atoms with Gasteiger partial charge in [-0.3, -0.25) is 4.98 Å². The summed E-state index contributed by atoms with van der Waals surface area (Å²) in [5.41, 5.74) is 6.42. The van der Waals surface area contributed by atoms with Crippen LogP contribution in [-0.4, -0.2) is 11.5 Å². The zero-order valence-corrected chi connectivity index (χ0v) is 17.7. The molecule has 1 aliphatic heterocycles. The minimum Gasteiger partial charge on any atom is -0.364 e. The number of rotatable bonds is 3. The van der Waals surface area contributed by atoms with Crippen LogP contribution in [0.25, 0.3) is 10.9 Å². The summed E-state index contributed by atoms with van der Waals surface area (Å²) in [6.07, 6.45) is 2.00. The van der Waals surface area contributed by atoms with Crippen molar-refractivity contribution in [3.8, 4) is 0 Å². The summed E-state index contributed by atoms with van der Waals surface area (Å²) in [4.78, 5) is 7.51. The van der Waals surface area contributed by atoms with E-state index in [0.29, 0.717) is 6.04 Å². The normalized spacial score (nSPS) is 16.2. The van der Waals surface area contributed by atoms with Gasteiger partial charge in [0, 0.05) is 33.3 Å². The molecule has 0 amide bonds. The molecule has 0 fully saturated rings. The molecule has 1 aromatic heterocycles. The van der Waals surface area contributed by atoms with Gasteiger partial charge in [0.2, 0.25) is 0 Å². The maximum atomic E-state index is 4.96. The van der Waals surface area contributed by atoms with Crippen LogP contribution in [0.15, 0.2) is 84.9 Å². The van der Waals surface area contributed by atoms with Crippen LogP contribution in [-0.2, 0) is 12.8 Å². The molecule has 0 spiro atoms. The van der Waals surface area contributed by atoms with E-state index in [1.54, 1.807) is 0 Å². The van der Waals surface area contributed by atoms with E-state index in [1.165, 1.54) is 25.8 Å². The molecular formula is C25H21IN2. The van der Waals surface area contributed by atoms with Crippen LogP contribution < -0.4 is 4.90 Å². The summed E-state index contributed by atoms with van der Waals surface area (Å²) in [5, 5.41) is 1.20. The Morgan fingerprint density at radius 3 is 2.54 bits per heavy atom. The van der Waals surface area contributed by atoms with Crippen molar-refractivity contribution in [1.29, 1.82) is 0 Å². The number of halogens is 1. The van der Waals surface area contributed by atoms with Gasteiger partial charge in [0.1, 0.15) is 0 Å². The Labute approximate surface area is 179 Å². The number of nitrogens with zero attached hydrogens (tertiary/aromatic N) is 2. The third-order valence-corrected chi connectivity index (χ3v) is 6.35. The highest BCUT2D eigenvalue weighted by atomic mass is 127. The fourth-order valence-corrected chi connectivity index (χ4v) is 4.59. The lowest BCUT2D eigenvalue weighted by molar-refractivity contribution is 0.574. The molecule has 0 bridgehead atoms. The van der Waals surface area contributed by atoms with E-state index in [1.807, 2.05) is 0 Å². The molecule has 3 aromatic carbocycles. The molecule has 0 N–H and O–H groups in total. The Bertz CT molecular complexity index is 1120. The quantitative estimate of drug-likeness (QED) is 0.328. The fraction of sp³-hybridized carbons (Fsp3) is 0.160. The molecule has 0 saturated carbocycles. The molecule has 0 radical (unpaired) electrons. The average molecular weight is 476 g/mol. The van der Waals surface area contributed by atoms with E-state index >= 15 is 0 Å². The first-order valence-electron chi connectivity index (χ1n) is 9.73. The van der Waals surface area contributed by atoms with Crippen LogP contribution in [0.3, 0.4) is 0 Å². The number of benzene rings is 3. The smallest absolute Gasteiger partial charge is 0.0705 e. The lowest BCUT2D eigenvalue weighted by atomic mass is 9.89. The van der Waals surface area contributed by atoms with Gasteiger partial charge in [-0.15, -0.1) is 0 Å². The van der Waals surface area contributed by atoms with Crippen molar-refractivity contribution < 1.29 is 0 Å². The summed E-state index contributed by atoms with van der Waals surface area (Å²) in [6, 6.07) is 30.8. The molecule has 28 heavy (non-hydrogen) atoms. The summed E-state index contributed by atoms with van der Waals surface area (Å²) >= 11 is 2.37. The van der Waals surface area contributed by atoms with E-state index in [0.717, 1.165) is 30.6 Å². The van der Waals surface area contributed by atoms with Crippen LogP contribution in [0, 0.1) is 3.57 Å². The number of para-hydroxylation sites is 1. The monoisotopic (exact) mass is 476 g/mol.